The predicted molar refractivity (Wildman–Crippen MR) is 285 cm³/mol. The van der Waals surface area contributed by atoms with Gasteiger partial charge in [0.15, 0.2) is 30.0 Å². The van der Waals surface area contributed by atoms with Gasteiger partial charge in [-0.1, -0.05) is 140 Å². The Morgan fingerprint density at radius 3 is 1.22 bits per heavy atom. The molecule has 2 heterocycles. The lowest BCUT2D eigenvalue weighted by Gasteiger charge is -2.48. The molecule has 0 aliphatic carbocycles. The zero-order valence-electron chi connectivity index (χ0n) is 45.1. The van der Waals surface area contributed by atoms with Gasteiger partial charge in [-0.25, -0.2) is 0 Å². The number of rotatable bonds is 21. The van der Waals surface area contributed by atoms with Gasteiger partial charge in [-0.05, 0) is 96.7 Å². The minimum absolute atomic E-state index is 0.0420. The van der Waals surface area contributed by atoms with Crippen LogP contribution < -0.4 is 0 Å². The molecule has 0 spiro atoms. The fraction of sp³-hybridized carbons (Fsp3) is 0.459. The van der Waals surface area contributed by atoms with Crippen LogP contribution in [0.2, 0.25) is 0 Å². The van der Waals surface area contributed by atoms with Gasteiger partial charge in [0.25, 0.3) is 0 Å². The Bertz CT molecular complexity index is 2600. The number of carbonyl (C=O) groups excluding carboxylic acids is 3. The number of esters is 3. The monoisotopic (exact) mass is 1060 g/mol. The molecule has 14 nitrogen and oxygen atoms in total. The van der Waals surface area contributed by atoms with E-state index in [-0.39, 0.29) is 33.0 Å². The molecule has 0 N–H and O–H groups in total. The maximum atomic E-state index is 15.0. The van der Waals surface area contributed by atoms with Crippen LogP contribution in [0.1, 0.15) is 84.6 Å². The molecule has 0 aromatic heterocycles. The predicted octanol–water partition coefficient (Wildman–Crippen LogP) is 10.1. The first kappa shape index (κ1) is 58.1. The molecule has 2 aliphatic heterocycles. The average molecular weight is 1060 g/mol. The fourth-order valence-electron chi connectivity index (χ4n) is 8.25. The van der Waals surface area contributed by atoms with Gasteiger partial charge in [0, 0.05) is 4.90 Å². The summed E-state index contributed by atoms with van der Waals surface area (Å²) in [7, 11) is -2.08. The van der Waals surface area contributed by atoms with Crippen molar-refractivity contribution >= 4 is 28.7 Å². The maximum absolute atomic E-state index is 15.0. The largest absolute Gasteiger partial charge is 0.455 e. The molecule has 2 fully saturated rings. The van der Waals surface area contributed by atoms with Gasteiger partial charge in [0.1, 0.15) is 30.5 Å². The van der Waals surface area contributed by atoms with E-state index in [0.29, 0.717) is 4.90 Å². The van der Waals surface area contributed by atoms with Gasteiger partial charge in [0.05, 0.1) is 66.7 Å². The molecule has 1 unspecified atom stereocenters. The van der Waals surface area contributed by atoms with Crippen molar-refractivity contribution in [3.63, 3.8) is 0 Å². The van der Waals surface area contributed by atoms with Crippen LogP contribution in [-0.2, 0) is 99.0 Å². The lowest BCUT2D eigenvalue weighted by Crippen LogP contribution is -2.65. The molecule has 5 aromatic carbocycles. The van der Waals surface area contributed by atoms with Crippen LogP contribution in [0.15, 0.2) is 157 Å². The Labute approximate surface area is 450 Å². The van der Waals surface area contributed by atoms with Gasteiger partial charge in [-0.3, -0.25) is 18.6 Å². The molecule has 0 saturated carbocycles. The summed E-state index contributed by atoms with van der Waals surface area (Å²) < 4.78 is 81.8. The number of benzene rings is 5. The van der Waals surface area contributed by atoms with Gasteiger partial charge in [-0.15, -0.1) is 0 Å². The van der Waals surface area contributed by atoms with E-state index in [9.17, 15) is 18.6 Å². The smallest absolute Gasteiger partial charge is 0.311 e. The minimum Gasteiger partial charge on any atom is -0.455 e. The highest BCUT2D eigenvalue weighted by atomic mass is 32.2. The first-order chi connectivity index (χ1) is 36.3. The lowest BCUT2D eigenvalue weighted by atomic mass is 9.93. The van der Waals surface area contributed by atoms with Crippen molar-refractivity contribution in [2.24, 2.45) is 16.2 Å². The third kappa shape index (κ3) is 16.2. The van der Waals surface area contributed by atoms with Crippen molar-refractivity contribution in [1.29, 1.82) is 0 Å². The van der Waals surface area contributed by atoms with Crippen LogP contribution >= 0.6 is 0 Å². The highest BCUT2D eigenvalue weighted by Crippen LogP contribution is 2.38. The summed E-state index contributed by atoms with van der Waals surface area (Å²) in [6.07, 6.45) is -10.6. The summed E-state index contributed by atoms with van der Waals surface area (Å²) in [6, 6.07) is 47.5. The van der Waals surface area contributed by atoms with Gasteiger partial charge < -0.3 is 47.4 Å². The highest BCUT2D eigenvalue weighted by molar-refractivity contribution is 7.85. The van der Waals surface area contributed by atoms with E-state index >= 15 is 0 Å². The Hall–Kier alpha value is -5.62. The van der Waals surface area contributed by atoms with Crippen LogP contribution in [0.3, 0.4) is 0 Å². The quantitative estimate of drug-likeness (QED) is 0.0504. The summed E-state index contributed by atoms with van der Waals surface area (Å²) in [5.74, 6) is -2.06. The van der Waals surface area contributed by atoms with Crippen molar-refractivity contribution in [3.8, 4) is 0 Å². The SMILES string of the molecule is CC(C)(C)C(=O)O[C@@H]1[C@@H](OC(=O)C(C)(C)C)[C@H](S(=O)c2ccccc2)O[C@H](CO[C@H]2O[C@H](COCc3ccccc3)[C@@H](OCc3ccccc3)[C@H](OCc3ccccc3)[C@H]2OCc2ccccc2)[C@H]1OC(=O)C(C)(C)C. The molecular weight excluding hydrogens is 989 g/mol. The molecule has 76 heavy (non-hydrogen) atoms. The molecule has 0 bridgehead atoms. The summed E-state index contributed by atoms with van der Waals surface area (Å²) in [4.78, 5) is 42.6. The van der Waals surface area contributed by atoms with E-state index in [1.807, 2.05) is 121 Å². The average Bonchev–Trinajstić information content (AvgIpc) is 3.41. The molecule has 2 aliphatic rings. The Morgan fingerprint density at radius 2 is 0.776 bits per heavy atom. The summed E-state index contributed by atoms with van der Waals surface area (Å²) in [6.45, 7) is 15.5. The maximum Gasteiger partial charge on any atom is 0.311 e. The number of hydrogen-bond acceptors (Lipinski definition) is 14. The van der Waals surface area contributed by atoms with E-state index in [2.05, 4.69) is 0 Å². The zero-order valence-corrected chi connectivity index (χ0v) is 45.9. The van der Waals surface area contributed by atoms with Crippen molar-refractivity contribution < 1.29 is 66.0 Å². The molecule has 5 aromatic rings. The van der Waals surface area contributed by atoms with Gasteiger partial charge in [0.2, 0.25) is 0 Å². The number of carbonyl (C=O) groups is 3. The first-order valence-electron chi connectivity index (χ1n) is 25.9. The first-order valence-corrected chi connectivity index (χ1v) is 27.1. The van der Waals surface area contributed by atoms with Crippen molar-refractivity contribution in [2.45, 2.75) is 154 Å². The van der Waals surface area contributed by atoms with E-state index < -0.39 is 112 Å². The Balaban J connectivity index is 1.32. The highest BCUT2D eigenvalue weighted by Gasteiger charge is 2.57. The molecule has 408 valence electrons. The van der Waals surface area contributed by atoms with E-state index in [1.54, 1.807) is 92.6 Å². The van der Waals surface area contributed by atoms with Crippen LogP contribution in [-0.4, -0.2) is 95.9 Å². The Morgan fingerprint density at radius 1 is 0.408 bits per heavy atom. The lowest BCUT2D eigenvalue weighted by molar-refractivity contribution is -0.335. The van der Waals surface area contributed by atoms with Crippen LogP contribution in [0.25, 0.3) is 0 Å². The second-order valence-electron chi connectivity index (χ2n) is 22.2. The molecule has 0 radical (unpaired) electrons. The summed E-state index contributed by atoms with van der Waals surface area (Å²) >= 11 is 0. The minimum atomic E-state index is -2.08. The fourth-order valence-corrected chi connectivity index (χ4v) is 9.64. The third-order valence-corrected chi connectivity index (χ3v) is 14.1. The van der Waals surface area contributed by atoms with E-state index in [0.717, 1.165) is 22.3 Å². The second kappa shape index (κ2) is 26.6. The van der Waals surface area contributed by atoms with Crippen LogP contribution in [0.5, 0.6) is 0 Å². The second-order valence-corrected chi connectivity index (χ2v) is 23.7. The number of ether oxygens (including phenoxy) is 10. The molecule has 15 heteroatoms. The molecule has 0 amide bonds. The number of hydrogen-bond donors (Lipinski definition) is 0. The third-order valence-electron chi connectivity index (χ3n) is 12.6. The topological polar surface area (TPSA) is 161 Å². The van der Waals surface area contributed by atoms with E-state index in [4.69, 9.17) is 47.4 Å². The Kier molecular flexibility index (Phi) is 20.3. The normalized spacial score (nSPS) is 24.5. The molecular formula is C61H74O14S. The summed E-state index contributed by atoms with van der Waals surface area (Å²) in [5, 5.41) is 0. The molecule has 2 saturated heterocycles. The van der Waals surface area contributed by atoms with Crippen LogP contribution in [0, 0.1) is 16.2 Å². The van der Waals surface area contributed by atoms with E-state index in [1.165, 1.54) is 0 Å². The molecule has 11 atom stereocenters. The van der Waals surface area contributed by atoms with Crippen molar-refractivity contribution in [2.75, 3.05) is 13.2 Å². The summed E-state index contributed by atoms with van der Waals surface area (Å²) in [5.41, 5.74) is -1.04. The van der Waals surface area contributed by atoms with Gasteiger partial charge >= 0.3 is 17.9 Å². The van der Waals surface area contributed by atoms with Crippen molar-refractivity contribution in [3.05, 3.63) is 174 Å². The van der Waals surface area contributed by atoms with Crippen LogP contribution in [0.4, 0.5) is 0 Å². The standard InChI is InChI=1S/C61H74O14S/c1-59(2,3)56(62)73-49-47(72-55(76(65)45-33-23-14-24-34-45)53(75-58(64)61(7,8)9)51(49)74-57(63)60(4,5)6)40-70-54-52(69-38-44-31-21-13-22-32-44)50(68-37-43-29-19-12-20-30-43)48(67-36-42-27-17-11-18-28-42)46(71-54)39-66-35-41-25-15-10-16-26-41/h10-34,46-55H,35-40H2,1-9H3/t46-,47-,48-,49-,50+,51+,52-,53-,54+,55+,76?/m1/s1. The van der Waals surface area contributed by atoms with Gasteiger partial charge in [-0.2, -0.15) is 0 Å². The van der Waals surface area contributed by atoms with Crippen molar-refractivity contribution in [1.82, 2.24) is 0 Å². The zero-order chi connectivity index (χ0) is 54.5. The molecule has 7 rings (SSSR count).